The molecular weight excluding hydrogens is 285 g/mol. The van der Waals surface area contributed by atoms with Crippen molar-refractivity contribution in [2.45, 2.75) is 13.0 Å². The van der Waals surface area contributed by atoms with Crippen LogP contribution in [0, 0.1) is 12.7 Å². The lowest BCUT2D eigenvalue weighted by Gasteiger charge is -2.07. The van der Waals surface area contributed by atoms with Gasteiger partial charge in [-0.2, -0.15) is 0 Å². The summed E-state index contributed by atoms with van der Waals surface area (Å²) in [4.78, 5) is 0. The second kappa shape index (κ2) is 5.71. The minimum atomic E-state index is -0.342. The van der Waals surface area contributed by atoms with Gasteiger partial charge in [0.25, 0.3) is 0 Å². The number of rotatable bonds is 3. The summed E-state index contributed by atoms with van der Waals surface area (Å²) in [6, 6.07) is 14.4. The smallest absolute Gasteiger partial charge is 0.150 e. The zero-order valence-corrected chi connectivity index (χ0v) is 12.3. The van der Waals surface area contributed by atoms with Crippen LogP contribution in [0.25, 0.3) is 10.6 Å². The summed E-state index contributed by atoms with van der Waals surface area (Å²) >= 11 is 1.32. The fraction of sp³-hybridized carbons (Fsp3) is 0.125. The van der Waals surface area contributed by atoms with Crippen LogP contribution < -0.4 is 5.73 Å². The Kier molecular flexibility index (Phi) is 3.77. The molecule has 5 heteroatoms. The van der Waals surface area contributed by atoms with Crippen LogP contribution in [-0.4, -0.2) is 10.2 Å². The number of aryl methyl sites for hydroxylation is 1. The predicted molar refractivity (Wildman–Crippen MR) is 82.5 cm³/mol. The van der Waals surface area contributed by atoms with Crippen LogP contribution >= 0.6 is 11.3 Å². The van der Waals surface area contributed by atoms with Crippen LogP contribution in [0.3, 0.4) is 0 Å². The first-order valence-corrected chi connectivity index (χ1v) is 7.37. The Balaban J connectivity index is 1.93. The highest BCUT2D eigenvalue weighted by Crippen LogP contribution is 2.30. The lowest BCUT2D eigenvalue weighted by molar-refractivity contribution is 0.629. The lowest BCUT2D eigenvalue weighted by atomic mass is 10.1. The van der Waals surface area contributed by atoms with E-state index >= 15 is 0 Å². The SMILES string of the molecule is Cc1ccc(-c2nnc(C(N)c3ccccc3)s2)c(F)c1. The molecule has 3 rings (SSSR count). The van der Waals surface area contributed by atoms with Crippen molar-refractivity contribution in [3.63, 3.8) is 0 Å². The first kappa shape index (κ1) is 13.9. The molecule has 0 saturated carbocycles. The highest BCUT2D eigenvalue weighted by atomic mass is 32.1. The van der Waals surface area contributed by atoms with Gasteiger partial charge in [-0.3, -0.25) is 0 Å². The van der Waals surface area contributed by atoms with Gasteiger partial charge in [-0.25, -0.2) is 4.39 Å². The average Bonchev–Trinajstić information content (AvgIpc) is 2.97. The van der Waals surface area contributed by atoms with E-state index in [1.54, 1.807) is 6.07 Å². The van der Waals surface area contributed by atoms with E-state index in [9.17, 15) is 4.39 Å². The maximum Gasteiger partial charge on any atom is 0.150 e. The molecule has 0 aliphatic heterocycles. The van der Waals surface area contributed by atoms with Crippen LogP contribution in [0.1, 0.15) is 22.2 Å². The van der Waals surface area contributed by atoms with E-state index in [1.807, 2.05) is 43.3 Å². The van der Waals surface area contributed by atoms with Gasteiger partial charge in [0.05, 0.1) is 6.04 Å². The largest absolute Gasteiger partial charge is 0.318 e. The molecule has 0 spiro atoms. The first-order valence-electron chi connectivity index (χ1n) is 6.55. The second-order valence-electron chi connectivity index (χ2n) is 4.82. The fourth-order valence-corrected chi connectivity index (χ4v) is 2.97. The van der Waals surface area contributed by atoms with Crippen molar-refractivity contribution in [2.24, 2.45) is 5.73 Å². The van der Waals surface area contributed by atoms with Gasteiger partial charge in [0.2, 0.25) is 0 Å². The first-order chi connectivity index (χ1) is 10.1. The van der Waals surface area contributed by atoms with E-state index in [4.69, 9.17) is 5.73 Å². The average molecular weight is 299 g/mol. The molecule has 2 aromatic carbocycles. The van der Waals surface area contributed by atoms with E-state index in [1.165, 1.54) is 17.4 Å². The van der Waals surface area contributed by atoms with Gasteiger partial charge >= 0.3 is 0 Å². The summed E-state index contributed by atoms with van der Waals surface area (Å²) in [6.07, 6.45) is 0. The monoisotopic (exact) mass is 299 g/mol. The molecule has 106 valence electrons. The summed E-state index contributed by atoms with van der Waals surface area (Å²) in [5.41, 5.74) is 8.49. The van der Waals surface area contributed by atoms with Crippen molar-refractivity contribution in [1.82, 2.24) is 10.2 Å². The number of nitrogens with two attached hydrogens (primary N) is 1. The van der Waals surface area contributed by atoms with Crippen molar-refractivity contribution in [1.29, 1.82) is 0 Å². The minimum Gasteiger partial charge on any atom is -0.318 e. The second-order valence-corrected chi connectivity index (χ2v) is 5.83. The molecular formula is C16H14FN3S. The standard InChI is InChI=1S/C16H14FN3S/c1-10-7-8-12(13(17)9-10)15-19-20-16(21-15)14(18)11-5-3-2-4-6-11/h2-9,14H,18H2,1H3. The summed E-state index contributed by atoms with van der Waals surface area (Å²) < 4.78 is 14.0. The van der Waals surface area contributed by atoms with Crippen LogP contribution in [0.5, 0.6) is 0 Å². The van der Waals surface area contributed by atoms with Crippen LogP contribution in [-0.2, 0) is 0 Å². The number of halogens is 1. The molecule has 1 atom stereocenters. The van der Waals surface area contributed by atoms with Gasteiger partial charge in [-0.15, -0.1) is 10.2 Å². The minimum absolute atomic E-state index is 0.286. The predicted octanol–water partition coefficient (Wildman–Crippen LogP) is 3.70. The third-order valence-corrected chi connectivity index (χ3v) is 4.26. The van der Waals surface area contributed by atoms with Crippen molar-refractivity contribution >= 4 is 11.3 Å². The molecule has 0 fully saturated rings. The molecule has 0 aliphatic rings. The van der Waals surface area contributed by atoms with Crippen molar-refractivity contribution in [3.05, 3.63) is 70.5 Å². The quantitative estimate of drug-likeness (QED) is 0.802. The maximum absolute atomic E-state index is 14.0. The van der Waals surface area contributed by atoms with Crippen LogP contribution in [0.4, 0.5) is 4.39 Å². The third kappa shape index (κ3) is 2.84. The Morgan fingerprint density at radius 2 is 1.86 bits per heavy atom. The third-order valence-electron chi connectivity index (χ3n) is 3.22. The molecule has 3 nitrogen and oxygen atoms in total. The Morgan fingerprint density at radius 1 is 1.10 bits per heavy atom. The molecule has 0 amide bonds. The van der Waals surface area contributed by atoms with Gasteiger partial charge in [-0.1, -0.05) is 47.7 Å². The molecule has 1 aromatic heterocycles. The van der Waals surface area contributed by atoms with Crippen molar-refractivity contribution < 1.29 is 4.39 Å². The van der Waals surface area contributed by atoms with E-state index in [0.29, 0.717) is 15.6 Å². The van der Waals surface area contributed by atoms with Gasteiger partial charge in [-0.05, 0) is 30.2 Å². The number of benzene rings is 2. The summed E-state index contributed by atoms with van der Waals surface area (Å²) in [5, 5.41) is 9.41. The van der Waals surface area contributed by atoms with E-state index in [-0.39, 0.29) is 11.9 Å². The number of nitrogens with zero attached hydrogens (tertiary/aromatic N) is 2. The molecule has 0 saturated heterocycles. The number of hydrogen-bond acceptors (Lipinski definition) is 4. The number of aromatic nitrogens is 2. The van der Waals surface area contributed by atoms with E-state index < -0.39 is 0 Å². The van der Waals surface area contributed by atoms with E-state index in [0.717, 1.165) is 11.1 Å². The summed E-state index contributed by atoms with van der Waals surface area (Å²) in [5.74, 6) is -0.286. The Labute approximate surface area is 126 Å². The Morgan fingerprint density at radius 3 is 2.57 bits per heavy atom. The van der Waals surface area contributed by atoms with Gasteiger partial charge in [0.1, 0.15) is 10.8 Å². The molecule has 1 unspecified atom stereocenters. The molecule has 3 aromatic rings. The fourth-order valence-electron chi connectivity index (χ4n) is 2.07. The molecule has 0 radical (unpaired) electrons. The Bertz CT molecular complexity index is 755. The highest BCUT2D eigenvalue weighted by Gasteiger charge is 2.17. The van der Waals surface area contributed by atoms with E-state index in [2.05, 4.69) is 10.2 Å². The topological polar surface area (TPSA) is 51.8 Å². The number of hydrogen-bond donors (Lipinski definition) is 1. The highest BCUT2D eigenvalue weighted by molar-refractivity contribution is 7.14. The van der Waals surface area contributed by atoms with Crippen LogP contribution in [0.2, 0.25) is 0 Å². The summed E-state index contributed by atoms with van der Waals surface area (Å²) in [7, 11) is 0. The Hall–Kier alpha value is -2.11. The molecule has 2 N–H and O–H groups in total. The van der Waals surface area contributed by atoms with Crippen molar-refractivity contribution in [2.75, 3.05) is 0 Å². The molecule has 0 aliphatic carbocycles. The van der Waals surface area contributed by atoms with Crippen molar-refractivity contribution in [3.8, 4) is 10.6 Å². The molecule has 21 heavy (non-hydrogen) atoms. The van der Waals surface area contributed by atoms with Gasteiger partial charge < -0.3 is 5.73 Å². The maximum atomic E-state index is 14.0. The van der Waals surface area contributed by atoms with Gasteiger partial charge in [0, 0.05) is 5.56 Å². The zero-order valence-electron chi connectivity index (χ0n) is 11.5. The van der Waals surface area contributed by atoms with Gasteiger partial charge in [0.15, 0.2) is 5.01 Å². The zero-order chi connectivity index (χ0) is 14.8. The molecule has 0 bridgehead atoms. The summed E-state index contributed by atoms with van der Waals surface area (Å²) in [6.45, 7) is 1.85. The molecule has 1 heterocycles. The van der Waals surface area contributed by atoms with Crippen LogP contribution in [0.15, 0.2) is 48.5 Å². The lowest BCUT2D eigenvalue weighted by Crippen LogP contribution is -2.11. The normalized spacial score (nSPS) is 12.3.